The number of halogens is 1. The molecule has 0 N–H and O–H groups in total. The molecular formula is C30H26ClN5O2. The van der Waals surface area contributed by atoms with Gasteiger partial charge in [0, 0.05) is 37.9 Å². The van der Waals surface area contributed by atoms with E-state index in [1.807, 2.05) is 76.2 Å². The van der Waals surface area contributed by atoms with E-state index < -0.39 is 0 Å². The van der Waals surface area contributed by atoms with Gasteiger partial charge in [-0.15, -0.1) is 0 Å². The van der Waals surface area contributed by atoms with Crippen molar-refractivity contribution in [3.63, 3.8) is 0 Å². The van der Waals surface area contributed by atoms with E-state index in [1.54, 1.807) is 13.4 Å². The summed E-state index contributed by atoms with van der Waals surface area (Å²) in [6, 6.07) is 25.3. The lowest BCUT2D eigenvalue weighted by atomic mass is 10.1. The van der Waals surface area contributed by atoms with Gasteiger partial charge in [-0.3, -0.25) is 9.36 Å². The van der Waals surface area contributed by atoms with Crippen LogP contribution in [0.4, 0.5) is 5.82 Å². The van der Waals surface area contributed by atoms with Crippen LogP contribution in [-0.4, -0.2) is 58.6 Å². The van der Waals surface area contributed by atoms with Gasteiger partial charge < -0.3 is 14.5 Å². The molecule has 5 aromatic rings. The van der Waals surface area contributed by atoms with Crippen molar-refractivity contribution in [1.29, 1.82) is 0 Å². The number of rotatable bonds is 5. The summed E-state index contributed by atoms with van der Waals surface area (Å²) in [4.78, 5) is 26.8. The number of carbonyl (C=O) groups is 1. The molecule has 38 heavy (non-hydrogen) atoms. The van der Waals surface area contributed by atoms with E-state index in [1.165, 1.54) is 0 Å². The van der Waals surface area contributed by atoms with Crippen molar-refractivity contribution in [3.05, 3.63) is 102 Å². The molecule has 0 saturated carbocycles. The van der Waals surface area contributed by atoms with E-state index in [0.29, 0.717) is 42.5 Å². The number of amides is 1. The Labute approximate surface area is 225 Å². The number of anilines is 1. The summed E-state index contributed by atoms with van der Waals surface area (Å²) in [6.07, 6.45) is 3.69. The second-order valence-electron chi connectivity index (χ2n) is 9.11. The van der Waals surface area contributed by atoms with E-state index in [9.17, 15) is 4.79 Å². The van der Waals surface area contributed by atoms with Crippen LogP contribution < -0.4 is 9.64 Å². The van der Waals surface area contributed by atoms with E-state index in [-0.39, 0.29) is 5.91 Å². The summed E-state index contributed by atoms with van der Waals surface area (Å²) in [5.41, 5.74) is 4.33. The molecule has 2 aromatic heterocycles. The number of para-hydroxylation sites is 2. The van der Waals surface area contributed by atoms with Gasteiger partial charge in [0.25, 0.3) is 5.91 Å². The van der Waals surface area contributed by atoms with Crippen molar-refractivity contribution in [3.8, 4) is 22.6 Å². The molecule has 3 heterocycles. The van der Waals surface area contributed by atoms with Crippen molar-refractivity contribution in [1.82, 2.24) is 19.4 Å². The van der Waals surface area contributed by atoms with Crippen LogP contribution in [0, 0.1) is 0 Å². The van der Waals surface area contributed by atoms with Crippen molar-refractivity contribution < 1.29 is 9.53 Å². The van der Waals surface area contributed by atoms with Gasteiger partial charge in [-0.1, -0.05) is 66.2 Å². The number of nitrogens with zero attached hydrogens (tertiary/aromatic N) is 5. The highest BCUT2D eigenvalue weighted by Crippen LogP contribution is 2.38. The van der Waals surface area contributed by atoms with Crippen LogP contribution in [0.25, 0.3) is 27.8 Å². The fourth-order valence-electron chi connectivity index (χ4n) is 5.07. The van der Waals surface area contributed by atoms with Crippen LogP contribution in [0.3, 0.4) is 0 Å². The molecule has 1 saturated heterocycles. The number of hydrogen-bond donors (Lipinski definition) is 0. The van der Waals surface area contributed by atoms with Gasteiger partial charge >= 0.3 is 0 Å². The fraction of sp³-hybridized carbons (Fsp3) is 0.167. The zero-order valence-corrected chi connectivity index (χ0v) is 21.7. The third-order valence-electron chi connectivity index (χ3n) is 6.96. The summed E-state index contributed by atoms with van der Waals surface area (Å²) in [6.45, 7) is 2.46. The molecule has 0 bridgehead atoms. The highest BCUT2D eigenvalue weighted by Gasteiger charge is 2.27. The lowest BCUT2D eigenvalue weighted by molar-refractivity contribution is 0.0743. The minimum absolute atomic E-state index is 0.0234. The Balaban J connectivity index is 1.38. The van der Waals surface area contributed by atoms with Crippen LogP contribution in [-0.2, 0) is 0 Å². The number of methoxy groups -OCH3 is 1. The normalized spacial score (nSPS) is 13.6. The molecule has 3 aromatic carbocycles. The summed E-state index contributed by atoms with van der Waals surface area (Å²) in [5, 5.41) is 1.61. The zero-order valence-electron chi connectivity index (χ0n) is 20.9. The molecule has 6 rings (SSSR count). The molecule has 0 aliphatic carbocycles. The molecule has 0 atom stereocenters. The van der Waals surface area contributed by atoms with Crippen molar-refractivity contribution in [2.75, 3.05) is 38.2 Å². The number of ether oxygens (including phenoxy) is 1. The molecular weight excluding hydrogens is 498 g/mol. The molecule has 1 aliphatic rings. The maximum absolute atomic E-state index is 13.3. The van der Waals surface area contributed by atoms with Crippen LogP contribution in [0.5, 0.6) is 5.75 Å². The summed E-state index contributed by atoms with van der Waals surface area (Å²) in [7, 11) is 1.59. The van der Waals surface area contributed by atoms with Gasteiger partial charge in [0.05, 0.1) is 28.8 Å². The molecule has 8 heteroatoms. The first-order valence-electron chi connectivity index (χ1n) is 12.5. The van der Waals surface area contributed by atoms with Gasteiger partial charge in [-0.05, 0) is 29.8 Å². The first kappa shape index (κ1) is 24.0. The number of aromatic nitrogens is 3. The Bertz CT molecular complexity index is 1610. The van der Waals surface area contributed by atoms with Gasteiger partial charge in [-0.25, -0.2) is 9.97 Å². The zero-order chi connectivity index (χ0) is 26.1. The average molecular weight is 524 g/mol. The SMILES string of the molecule is COc1ccccc1C(=O)N1CCN(c2ncnc3c2c(-c2ccccc2)cn3-c2ccccc2Cl)CC1. The molecule has 0 spiro atoms. The maximum atomic E-state index is 13.3. The number of carbonyl (C=O) groups excluding carboxylic acids is 1. The second kappa shape index (κ2) is 10.2. The fourth-order valence-corrected chi connectivity index (χ4v) is 5.29. The van der Waals surface area contributed by atoms with Gasteiger partial charge in [0.15, 0.2) is 5.65 Å². The average Bonchev–Trinajstić information content (AvgIpc) is 3.37. The summed E-state index contributed by atoms with van der Waals surface area (Å²) in [5.74, 6) is 1.42. The predicted octanol–water partition coefficient (Wildman–Crippen LogP) is 5.71. The molecule has 1 amide bonds. The number of fused-ring (bicyclic) bond motifs is 1. The van der Waals surface area contributed by atoms with Crippen LogP contribution >= 0.6 is 11.6 Å². The first-order chi connectivity index (χ1) is 18.7. The molecule has 0 unspecified atom stereocenters. The molecule has 0 radical (unpaired) electrons. The second-order valence-corrected chi connectivity index (χ2v) is 9.51. The quantitative estimate of drug-likeness (QED) is 0.295. The van der Waals surface area contributed by atoms with Gasteiger partial charge in [0.2, 0.25) is 0 Å². The number of benzene rings is 3. The minimum Gasteiger partial charge on any atom is -0.496 e. The van der Waals surface area contributed by atoms with E-state index in [0.717, 1.165) is 33.7 Å². The smallest absolute Gasteiger partial charge is 0.257 e. The first-order valence-corrected chi connectivity index (χ1v) is 12.9. The molecule has 1 fully saturated rings. The molecule has 1 aliphatic heterocycles. The Hall–Kier alpha value is -4.36. The van der Waals surface area contributed by atoms with Crippen LogP contribution in [0.15, 0.2) is 91.4 Å². The van der Waals surface area contributed by atoms with Crippen LogP contribution in [0.1, 0.15) is 10.4 Å². The van der Waals surface area contributed by atoms with Gasteiger partial charge in [0.1, 0.15) is 17.9 Å². The van der Waals surface area contributed by atoms with E-state index >= 15 is 0 Å². The molecule has 190 valence electrons. The maximum Gasteiger partial charge on any atom is 0.257 e. The Kier molecular flexibility index (Phi) is 6.43. The Morgan fingerprint density at radius 2 is 1.58 bits per heavy atom. The van der Waals surface area contributed by atoms with E-state index in [2.05, 4.69) is 23.2 Å². The van der Waals surface area contributed by atoms with Crippen LogP contribution in [0.2, 0.25) is 5.02 Å². The van der Waals surface area contributed by atoms with Crippen molar-refractivity contribution in [2.24, 2.45) is 0 Å². The highest BCUT2D eigenvalue weighted by molar-refractivity contribution is 6.32. The number of hydrogen-bond acceptors (Lipinski definition) is 5. The predicted molar refractivity (Wildman–Crippen MR) is 150 cm³/mol. The van der Waals surface area contributed by atoms with Gasteiger partial charge in [-0.2, -0.15) is 0 Å². The monoisotopic (exact) mass is 523 g/mol. The lowest BCUT2D eigenvalue weighted by Gasteiger charge is -2.36. The summed E-state index contributed by atoms with van der Waals surface area (Å²) >= 11 is 6.60. The Morgan fingerprint density at radius 1 is 0.868 bits per heavy atom. The number of piperazine rings is 1. The third-order valence-corrected chi connectivity index (χ3v) is 7.28. The van der Waals surface area contributed by atoms with Crippen molar-refractivity contribution >= 4 is 34.4 Å². The Morgan fingerprint density at radius 3 is 2.34 bits per heavy atom. The van der Waals surface area contributed by atoms with E-state index in [4.69, 9.17) is 26.3 Å². The van der Waals surface area contributed by atoms with Crippen molar-refractivity contribution in [2.45, 2.75) is 0 Å². The topological polar surface area (TPSA) is 63.5 Å². The minimum atomic E-state index is -0.0234. The lowest BCUT2D eigenvalue weighted by Crippen LogP contribution is -2.49. The standard InChI is InChI=1S/C30H26ClN5O2/c1-38-26-14-8-5-11-22(26)30(37)35-17-15-34(16-18-35)28-27-23(21-9-3-2-4-10-21)19-36(29(27)33-20-32-28)25-13-7-6-12-24(25)31/h2-14,19-20H,15-18H2,1H3. The molecule has 7 nitrogen and oxygen atoms in total. The largest absolute Gasteiger partial charge is 0.496 e. The highest BCUT2D eigenvalue weighted by atomic mass is 35.5. The third kappa shape index (κ3) is 4.25. The summed E-state index contributed by atoms with van der Waals surface area (Å²) < 4.78 is 7.45.